The monoisotopic (exact) mass is 485 g/mol. The molecule has 11 heteroatoms. The van der Waals surface area contributed by atoms with Gasteiger partial charge in [-0.2, -0.15) is 4.31 Å². The molecule has 0 saturated carbocycles. The summed E-state index contributed by atoms with van der Waals surface area (Å²) in [7, 11) is -4.03. The summed E-state index contributed by atoms with van der Waals surface area (Å²) in [5, 5.41) is 2.68. The summed E-state index contributed by atoms with van der Waals surface area (Å²) >= 11 is 0. The largest absolute Gasteiger partial charge is 0.444 e. The van der Waals surface area contributed by atoms with Gasteiger partial charge in [0.15, 0.2) is 0 Å². The molecule has 33 heavy (non-hydrogen) atoms. The molecule has 1 aromatic carbocycles. The van der Waals surface area contributed by atoms with Crippen LogP contribution in [-0.4, -0.2) is 74.6 Å². The van der Waals surface area contributed by atoms with Crippen molar-refractivity contribution in [3.05, 3.63) is 24.0 Å². The van der Waals surface area contributed by atoms with Crippen LogP contribution in [0.15, 0.2) is 23.1 Å². The van der Waals surface area contributed by atoms with Gasteiger partial charge in [-0.3, -0.25) is 4.79 Å². The molecule has 0 bridgehead atoms. The van der Waals surface area contributed by atoms with Crippen molar-refractivity contribution < 1.29 is 31.9 Å². The van der Waals surface area contributed by atoms with E-state index in [1.165, 1.54) is 10.4 Å². The number of rotatable bonds is 5. The van der Waals surface area contributed by atoms with Crippen molar-refractivity contribution in [2.45, 2.75) is 50.5 Å². The van der Waals surface area contributed by atoms with E-state index in [9.17, 15) is 22.4 Å². The maximum atomic E-state index is 14.3. The maximum Gasteiger partial charge on any atom is 0.410 e. The number of carbonyl (C=O) groups excluding carboxylic acids is 2. The van der Waals surface area contributed by atoms with Gasteiger partial charge in [0.05, 0.1) is 13.2 Å². The highest BCUT2D eigenvalue weighted by Crippen LogP contribution is 2.26. The standard InChI is InChI=1S/C22H32FN3O6S/c1-22(2,3)32-21(28)25-8-6-16(7-9-25)14-20(27)24-17-4-5-18(23)19(15-17)33(29,30)26-10-12-31-13-11-26/h4-5,15-16H,6-14H2,1-3H3,(H,24,27). The van der Waals surface area contributed by atoms with Crippen molar-refractivity contribution >= 4 is 27.7 Å². The van der Waals surface area contributed by atoms with Crippen LogP contribution in [0.4, 0.5) is 14.9 Å². The molecule has 2 amide bonds. The summed E-state index contributed by atoms with van der Waals surface area (Å²) in [6.45, 7) is 7.27. The molecular weight excluding hydrogens is 453 g/mol. The van der Waals surface area contributed by atoms with Gasteiger partial charge >= 0.3 is 6.09 Å². The minimum Gasteiger partial charge on any atom is -0.444 e. The fourth-order valence-electron chi connectivity index (χ4n) is 3.83. The molecule has 9 nitrogen and oxygen atoms in total. The van der Waals surface area contributed by atoms with Crippen molar-refractivity contribution in [1.29, 1.82) is 0 Å². The first kappa shape index (κ1) is 25.4. The first-order valence-electron chi connectivity index (χ1n) is 11.1. The Kier molecular flexibility index (Phi) is 7.96. The van der Waals surface area contributed by atoms with E-state index < -0.39 is 26.3 Å². The number of amides is 2. The summed E-state index contributed by atoms with van der Waals surface area (Å²) in [6.07, 6.45) is 1.19. The fourth-order valence-corrected chi connectivity index (χ4v) is 5.32. The maximum absolute atomic E-state index is 14.3. The lowest BCUT2D eigenvalue weighted by Crippen LogP contribution is -2.42. The van der Waals surface area contributed by atoms with E-state index >= 15 is 0 Å². The number of nitrogens with zero attached hydrogens (tertiary/aromatic N) is 2. The molecule has 0 spiro atoms. The third-order valence-electron chi connectivity index (χ3n) is 5.54. The van der Waals surface area contributed by atoms with Crippen LogP contribution in [0.25, 0.3) is 0 Å². The highest BCUT2D eigenvalue weighted by atomic mass is 32.2. The first-order chi connectivity index (χ1) is 15.5. The lowest BCUT2D eigenvalue weighted by atomic mass is 9.93. The fraction of sp³-hybridized carbons (Fsp3) is 0.636. The Labute approximate surface area is 194 Å². The molecule has 0 atom stereocenters. The molecule has 2 fully saturated rings. The summed E-state index contributed by atoms with van der Waals surface area (Å²) in [6, 6.07) is 3.54. The van der Waals surface area contributed by atoms with Gasteiger partial charge in [-0.15, -0.1) is 0 Å². The Hall–Kier alpha value is -2.24. The number of ether oxygens (including phenoxy) is 2. The van der Waals surface area contributed by atoms with E-state index in [4.69, 9.17) is 9.47 Å². The van der Waals surface area contributed by atoms with E-state index in [1.807, 2.05) is 20.8 Å². The zero-order valence-electron chi connectivity index (χ0n) is 19.3. The normalized spacial score (nSPS) is 18.7. The quantitative estimate of drug-likeness (QED) is 0.688. The molecule has 0 unspecified atom stereocenters. The van der Waals surface area contributed by atoms with Crippen LogP contribution in [-0.2, 0) is 24.3 Å². The first-order valence-corrected chi connectivity index (χ1v) is 12.5. The van der Waals surface area contributed by atoms with Gasteiger partial charge in [-0.05, 0) is 57.7 Å². The molecule has 3 rings (SSSR count). The number of hydrogen-bond donors (Lipinski definition) is 1. The number of likely N-dealkylation sites (tertiary alicyclic amines) is 1. The lowest BCUT2D eigenvalue weighted by Gasteiger charge is -2.33. The topological polar surface area (TPSA) is 105 Å². The van der Waals surface area contributed by atoms with Gasteiger partial charge in [-0.1, -0.05) is 0 Å². The number of sulfonamides is 1. The summed E-state index contributed by atoms with van der Waals surface area (Å²) in [5.74, 6) is -1.07. The Morgan fingerprint density at radius 1 is 1.15 bits per heavy atom. The molecule has 2 heterocycles. The van der Waals surface area contributed by atoms with Crippen molar-refractivity contribution in [2.75, 3.05) is 44.7 Å². The minimum atomic E-state index is -4.03. The van der Waals surface area contributed by atoms with Crippen molar-refractivity contribution in [2.24, 2.45) is 5.92 Å². The van der Waals surface area contributed by atoms with E-state index in [-0.39, 0.29) is 56.3 Å². The Balaban J connectivity index is 1.56. The number of benzene rings is 1. The molecule has 2 saturated heterocycles. The van der Waals surface area contributed by atoms with Gasteiger partial charge in [-0.25, -0.2) is 17.6 Å². The number of nitrogens with one attached hydrogen (secondary N) is 1. The molecule has 2 aliphatic rings. The minimum absolute atomic E-state index is 0.0840. The number of anilines is 1. The Morgan fingerprint density at radius 2 is 1.79 bits per heavy atom. The van der Waals surface area contributed by atoms with Gasteiger partial charge < -0.3 is 19.7 Å². The zero-order valence-corrected chi connectivity index (χ0v) is 20.1. The smallest absolute Gasteiger partial charge is 0.410 e. The number of morpholine rings is 1. The highest BCUT2D eigenvalue weighted by Gasteiger charge is 2.30. The van der Waals surface area contributed by atoms with Gasteiger partial charge in [0, 0.05) is 38.3 Å². The second kappa shape index (κ2) is 10.4. The molecular formula is C22H32FN3O6S. The third-order valence-corrected chi connectivity index (χ3v) is 7.46. The molecule has 1 aromatic rings. The summed E-state index contributed by atoms with van der Waals surface area (Å²) in [5.41, 5.74) is -0.337. The van der Waals surface area contributed by atoms with Gasteiger partial charge in [0.25, 0.3) is 0 Å². The number of carbonyl (C=O) groups is 2. The van der Waals surface area contributed by atoms with Crippen LogP contribution >= 0.6 is 0 Å². The number of halogens is 1. The zero-order chi connectivity index (χ0) is 24.2. The van der Waals surface area contributed by atoms with E-state index in [2.05, 4.69) is 5.32 Å². The predicted molar refractivity (Wildman–Crippen MR) is 120 cm³/mol. The molecule has 0 aromatic heterocycles. The van der Waals surface area contributed by atoms with Gasteiger partial charge in [0.1, 0.15) is 16.3 Å². The second-order valence-corrected chi connectivity index (χ2v) is 11.2. The average Bonchev–Trinajstić information content (AvgIpc) is 2.75. The molecule has 2 aliphatic heterocycles. The van der Waals surface area contributed by atoms with Crippen LogP contribution in [0.1, 0.15) is 40.0 Å². The van der Waals surface area contributed by atoms with Crippen LogP contribution in [0.3, 0.4) is 0 Å². The molecule has 0 radical (unpaired) electrons. The Morgan fingerprint density at radius 3 is 2.39 bits per heavy atom. The van der Waals surface area contributed by atoms with Crippen LogP contribution < -0.4 is 5.32 Å². The third kappa shape index (κ3) is 6.87. The van der Waals surface area contributed by atoms with Crippen LogP contribution in [0.5, 0.6) is 0 Å². The van der Waals surface area contributed by atoms with E-state index in [1.54, 1.807) is 4.90 Å². The van der Waals surface area contributed by atoms with Crippen LogP contribution in [0, 0.1) is 11.7 Å². The van der Waals surface area contributed by atoms with Crippen molar-refractivity contribution in [3.63, 3.8) is 0 Å². The predicted octanol–water partition coefficient (Wildman–Crippen LogP) is 2.82. The lowest BCUT2D eigenvalue weighted by molar-refractivity contribution is -0.117. The highest BCUT2D eigenvalue weighted by molar-refractivity contribution is 7.89. The summed E-state index contributed by atoms with van der Waals surface area (Å²) in [4.78, 5) is 25.9. The van der Waals surface area contributed by atoms with Crippen molar-refractivity contribution in [3.8, 4) is 0 Å². The van der Waals surface area contributed by atoms with Gasteiger partial charge in [0.2, 0.25) is 15.9 Å². The van der Waals surface area contributed by atoms with E-state index in [0.29, 0.717) is 25.9 Å². The molecule has 0 aliphatic carbocycles. The Bertz CT molecular complexity index is 965. The average molecular weight is 486 g/mol. The molecule has 1 N–H and O–H groups in total. The van der Waals surface area contributed by atoms with Crippen LogP contribution in [0.2, 0.25) is 0 Å². The number of piperidine rings is 1. The van der Waals surface area contributed by atoms with E-state index in [0.717, 1.165) is 12.1 Å². The molecule has 184 valence electrons. The second-order valence-electron chi connectivity index (χ2n) is 9.32. The van der Waals surface area contributed by atoms with Crippen molar-refractivity contribution in [1.82, 2.24) is 9.21 Å². The number of hydrogen-bond acceptors (Lipinski definition) is 6. The summed E-state index contributed by atoms with van der Waals surface area (Å²) < 4.78 is 51.7. The SMILES string of the molecule is CC(C)(C)OC(=O)N1CCC(CC(=O)Nc2ccc(F)c(S(=O)(=O)N3CCOCC3)c2)CC1.